The van der Waals surface area contributed by atoms with Crippen LogP contribution in [0.1, 0.15) is 213 Å². The highest BCUT2D eigenvalue weighted by molar-refractivity contribution is 7.26. The van der Waals surface area contributed by atoms with E-state index < -0.39 is 0 Å². The van der Waals surface area contributed by atoms with Gasteiger partial charge in [-0.05, 0) is 198 Å². The van der Waals surface area contributed by atoms with E-state index in [9.17, 15) is 0 Å². The summed E-state index contributed by atoms with van der Waals surface area (Å²) in [7, 11) is 0. The van der Waals surface area contributed by atoms with Gasteiger partial charge in [-0.3, -0.25) is 0 Å². The lowest BCUT2D eigenvalue weighted by molar-refractivity contribution is 0.332. The zero-order chi connectivity index (χ0) is 52.3. The van der Waals surface area contributed by atoms with Crippen LogP contribution in [0.15, 0.2) is 84.9 Å². The van der Waals surface area contributed by atoms with E-state index in [2.05, 4.69) is 226 Å². The molecule has 4 heteroatoms. The number of nitrogens with zero attached hydrogens (tertiary/aromatic N) is 2. The molecule has 2 nitrogen and oxygen atoms in total. The van der Waals surface area contributed by atoms with Crippen LogP contribution in [-0.2, 0) is 43.3 Å². The van der Waals surface area contributed by atoms with Crippen molar-refractivity contribution in [3.8, 4) is 0 Å². The Labute approximate surface area is 444 Å². The minimum atomic E-state index is -0.123. The van der Waals surface area contributed by atoms with E-state index in [1.165, 1.54) is 159 Å². The molecule has 3 aliphatic carbocycles. The highest BCUT2D eigenvalue weighted by Gasteiger charge is 2.49. The van der Waals surface area contributed by atoms with Crippen LogP contribution in [0.25, 0.3) is 20.2 Å². The van der Waals surface area contributed by atoms with Gasteiger partial charge < -0.3 is 9.80 Å². The van der Waals surface area contributed by atoms with Gasteiger partial charge in [0.1, 0.15) is 0 Å². The zero-order valence-electron chi connectivity index (χ0n) is 48.2. The summed E-state index contributed by atoms with van der Waals surface area (Å²) in [4.78, 5) is 5.58. The number of benzene rings is 6. The van der Waals surface area contributed by atoms with Crippen LogP contribution in [0.2, 0.25) is 0 Å². The lowest BCUT2D eigenvalue weighted by Gasteiger charge is -2.49. The van der Waals surface area contributed by atoms with Crippen molar-refractivity contribution < 1.29 is 0 Å². The standard InChI is InChI=1S/C69H83BN2S/c1-40-33-46-49(68(16,17)31-29-65(46,10)11)38-53(40)72-56-35-41(62(2,3)4)34-55-59(56)70(51-25-26-57-58(60(51)72)43-21-20-22-45(61(43)73-57)63(5,6)7)52-37-48-50(69(18,19)32-30-67(48,14)15)39-54(52)71(55)42-23-24-44-47(36-42)66(12,13)28-27-64(44,8)9/h20-26,33-39H,27-32H2,1-19H3. The topological polar surface area (TPSA) is 6.48 Å². The van der Waals surface area contributed by atoms with Crippen LogP contribution in [0.3, 0.4) is 0 Å². The smallest absolute Gasteiger partial charge is 0.252 e. The summed E-state index contributed by atoms with van der Waals surface area (Å²) >= 11 is 2.00. The molecule has 1 aromatic heterocycles. The SMILES string of the molecule is Cc1cc2c(cc1N1c3cc(C(C)(C)C)cc4c3B(c3cc5c(cc3N4c3ccc4c(c3)C(C)(C)CCC4(C)C)C(C)(C)CCC5(C)C)c3ccc4sc5c(C(C)(C)C)cccc5c4c31)C(C)(C)CCC2(C)C. The van der Waals surface area contributed by atoms with Gasteiger partial charge in [-0.2, -0.15) is 0 Å². The van der Waals surface area contributed by atoms with Gasteiger partial charge in [-0.1, -0.05) is 167 Å². The second-order valence-corrected chi connectivity index (χ2v) is 30.9. The van der Waals surface area contributed by atoms with Crippen LogP contribution < -0.4 is 26.2 Å². The summed E-state index contributed by atoms with van der Waals surface area (Å²) in [5.74, 6) is 0. The molecule has 0 fully saturated rings. The number of hydrogen-bond donors (Lipinski definition) is 0. The Kier molecular flexibility index (Phi) is 10.2. The minimum absolute atomic E-state index is 0.00378. The summed E-state index contributed by atoms with van der Waals surface area (Å²) in [6.07, 6.45) is 7.12. The molecule has 0 radical (unpaired) electrons. The molecule has 2 aliphatic heterocycles. The van der Waals surface area contributed by atoms with E-state index in [1.54, 1.807) is 0 Å². The lowest BCUT2D eigenvalue weighted by Crippen LogP contribution is -2.62. The molecule has 0 amide bonds. The monoisotopic (exact) mass is 983 g/mol. The first kappa shape index (κ1) is 49.1. The lowest BCUT2D eigenvalue weighted by atomic mass is 9.33. The van der Waals surface area contributed by atoms with Crippen molar-refractivity contribution in [1.82, 2.24) is 0 Å². The molecule has 5 aliphatic rings. The van der Waals surface area contributed by atoms with Gasteiger partial charge in [0.05, 0.1) is 5.69 Å². The maximum absolute atomic E-state index is 2.82. The molecule has 0 unspecified atom stereocenters. The van der Waals surface area contributed by atoms with E-state index >= 15 is 0 Å². The first-order chi connectivity index (χ1) is 33.8. The third-order valence-corrected chi connectivity index (χ3v) is 21.0. The summed E-state index contributed by atoms with van der Waals surface area (Å²) in [5.41, 5.74) is 25.9. The Morgan fingerprint density at radius 1 is 0.466 bits per heavy atom. The Morgan fingerprint density at radius 3 is 1.53 bits per heavy atom. The fourth-order valence-electron chi connectivity index (χ4n) is 14.6. The van der Waals surface area contributed by atoms with Gasteiger partial charge in [-0.25, -0.2) is 0 Å². The fraction of sp³-hybridized carbons (Fsp3) is 0.478. The van der Waals surface area contributed by atoms with Gasteiger partial charge in [0.15, 0.2) is 0 Å². The molecule has 378 valence electrons. The molecule has 12 rings (SSSR count). The van der Waals surface area contributed by atoms with Crippen LogP contribution >= 0.6 is 11.3 Å². The van der Waals surface area contributed by atoms with Crippen LogP contribution in [-0.4, -0.2) is 6.71 Å². The first-order valence-electron chi connectivity index (χ1n) is 28.1. The largest absolute Gasteiger partial charge is 0.311 e. The molecule has 0 saturated carbocycles. The highest BCUT2D eigenvalue weighted by Crippen LogP contribution is 2.56. The molecule has 0 spiro atoms. The molecular weight excluding hydrogens is 900 g/mol. The summed E-state index contributed by atoms with van der Waals surface area (Å²) < 4.78 is 2.79. The predicted octanol–water partition coefficient (Wildman–Crippen LogP) is 18.1. The maximum atomic E-state index is 2.82. The van der Waals surface area contributed by atoms with Crippen molar-refractivity contribution in [3.63, 3.8) is 0 Å². The molecule has 0 atom stereocenters. The van der Waals surface area contributed by atoms with Crippen molar-refractivity contribution in [2.24, 2.45) is 0 Å². The van der Waals surface area contributed by atoms with E-state index in [0.717, 1.165) is 0 Å². The molecule has 73 heavy (non-hydrogen) atoms. The Hall–Kier alpha value is -4.80. The predicted molar refractivity (Wildman–Crippen MR) is 321 cm³/mol. The third kappa shape index (κ3) is 7.13. The third-order valence-electron chi connectivity index (χ3n) is 19.8. The van der Waals surface area contributed by atoms with Crippen LogP contribution in [0, 0.1) is 6.92 Å². The Morgan fingerprint density at radius 2 is 0.973 bits per heavy atom. The van der Waals surface area contributed by atoms with Crippen LogP contribution in [0.4, 0.5) is 34.1 Å². The van der Waals surface area contributed by atoms with Crippen LogP contribution in [0.5, 0.6) is 0 Å². The highest BCUT2D eigenvalue weighted by atomic mass is 32.1. The average Bonchev–Trinajstić information content (AvgIpc) is 3.69. The number of rotatable bonds is 2. The minimum Gasteiger partial charge on any atom is -0.311 e. The zero-order valence-corrected chi connectivity index (χ0v) is 49.0. The second-order valence-electron chi connectivity index (χ2n) is 29.9. The molecule has 0 N–H and O–H groups in total. The number of aryl methyl sites for hydroxylation is 1. The summed E-state index contributed by atoms with van der Waals surface area (Å²) in [6.45, 7) is 46.8. The maximum Gasteiger partial charge on any atom is 0.252 e. The molecule has 0 saturated heterocycles. The quantitative estimate of drug-likeness (QED) is 0.159. The average molecular weight is 983 g/mol. The normalized spacial score (nSPS) is 20.5. The van der Waals surface area contributed by atoms with E-state index in [4.69, 9.17) is 0 Å². The fourth-order valence-corrected chi connectivity index (χ4v) is 16.1. The molecule has 3 heterocycles. The number of fused-ring (bicyclic) bond motifs is 11. The van der Waals surface area contributed by atoms with Crippen molar-refractivity contribution in [2.45, 2.75) is 213 Å². The number of hydrogen-bond acceptors (Lipinski definition) is 3. The van der Waals surface area contributed by atoms with E-state index in [0.29, 0.717) is 0 Å². The van der Waals surface area contributed by atoms with Crippen molar-refractivity contribution in [3.05, 3.63) is 135 Å². The Bertz CT molecular complexity index is 3520. The molecule has 0 bridgehead atoms. The van der Waals surface area contributed by atoms with Gasteiger partial charge in [0.2, 0.25) is 0 Å². The van der Waals surface area contributed by atoms with Crippen molar-refractivity contribution in [2.75, 3.05) is 9.80 Å². The number of thiophene rings is 1. The van der Waals surface area contributed by atoms with Crippen molar-refractivity contribution >= 4 is 88.7 Å². The van der Waals surface area contributed by atoms with E-state index in [-0.39, 0.29) is 50.0 Å². The number of anilines is 6. The van der Waals surface area contributed by atoms with Gasteiger partial charge in [-0.15, -0.1) is 11.3 Å². The van der Waals surface area contributed by atoms with Gasteiger partial charge in [0.25, 0.3) is 6.71 Å². The van der Waals surface area contributed by atoms with Crippen molar-refractivity contribution in [1.29, 1.82) is 0 Å². The Balaban J connectivity index is 1.27. The van der Waals surface area contributed by atoms with Gasteiger partial charge >= 0.3 is 0 Å². The van der Waals surface area contributed by atoms with Gasteiger partial charge in [0, 0.05) is 48.6 Å². The van der Waals surface area contributed by atoms with E-state index in [1.807, 2.05) is 11.3 Å². The summed E-state index contributed by atoms with van der Waals surface area (Å²) in [6, 6.07) is 35.9. The summed E-state index contributed by atoms with van der Waals surface area (Å²) in [5, 5.41) is 2.78. The first-order valence-corrected chi connectivity index (χ1v) is 28.9. The molecule has 7 aromatic rings. The second kappa shape index (κ2) is 15.2. The molecule has 6 aromatic carbocycles. The molecular formula is C69H83BN2S.